The van der Waals surface area contributed by atoms with E-state index in [1.807, 2.05) is 24.3 Å². The van der Waals surface area contributed by atoms with Crippen LogP contribution in [0, 0.1) is 0 Å². The van der Waals surface area contributed by atoms with E-state index in [0.29, 0.717) is 5.82 Å². The van der Waals surface area contributed by atoms with Gasteiger partial charge in [-0.1, -0.05) is 109 Å². The zero-order valence-electron chi connectivity index (χ0n) is 26.1. The summed E-state index contributed by atoms with van der Waals surface area (Å²) in [7, 11) is 0. The predicted octanol–water partition coefficient (Wildman–Crippen LogP) is 11.4. The van der Waals surface area contributed by atoms with Gasteiger partial charge in [0, 0.05) is 50.1 Å². The lowest BCUT2D eigenvalue weighted by Gasteiger charge is -2.12. The number of aromatic nitrogens is 3. The molecule has 10 rings (SSSR count). The molecule has 0 bridgehead atoms. The van der Waals surface area contributed by atoms with Crippen LogP contribution in [0.15, 0.2) is 150 Å². The van der Waals surface area contributed by atoms with Crippen molar-refractivity contribution in [2.75, 3.05) is 0 Å². The van der Waals surface area contributed by atoms with Gasteiger partial charge in [-0.25, -0.2) is 9.97 Å². The Labute approximate surface area is 277 Å². The summed E-state index contributed by atoms with van der Waals surface area (Å²) in [6, 6.07) is 48.9. The van der Waals surface area contributed by atoms with Crippen molar-refractivity contribution in [3.8, 4) is 39.5 Å². The Hall–Kier alpha value is -6.26. The first-order chi connectivity index (χ1) is 23.8. The number of rotatable bonds is 4. The molecule has 1 aliphatic carbocycles. The van der Waals surface area contributed by atoms with Gasteiger partial charge in [0.2, 0.25) is 0 Å². The highest BCUT2D eigenvalue weighted by Crippen LogP contribution is 2.41. The number of hydrogen-bond acceptors (Lipinski definition) is 3. The Balaban J connectivity index is 1.19. The monoisotopic (exact) mass is 615 g/mol. The van der Waals surface area contributed by atoms with Crippen LogP contribution in [0.3, 0.4) is 0 Å². The summed E-state index contributed by atoms with van der Waals surface area (Å²) >= 11 is 0. The minimum atomic E-state index is 0.712. The predicted molar refractivity (Wildman–Crippen MR) is 197 cm³/mol. The third-order valence-electron chi connectivity index (χ3n) is 9.69. The number of para-hydroxylation sites is 1. The fourth-order valence-electron chi connectivity index (χ4n) is 7.47. The van der Waals surface area contributed by atoms with Gasteiger partial charge in [-0.15, -0.1) is 0 Å². The third kappa shape index (κ3) is 4.16. The minimum Gasteiger partial charge on any atom is -0.456 e. The van der Waals surface area contributed by atoms with Crippen LogP contribution < -0.4 is 0 Å². The van der Waals surface area contributed by atoms with Crippen molar-refractivity contribution in [1.29, 1.82) is 0 Å². The fourth-order valence-corrected chi connectivity index (χ4v) is 7.47. The highest BCUT2D eigenvalue weighted by atomic mass is 16.3. The van der Waals surface area contributed by atoms with Gasteiger partial charge >= 0.3 is 0 Å². The van der Waals surface area contributed by atoms with E-state index in [2.05, 4.69) is 132 Å². The Bertz CT molecular complexity index is 2720. The highest BCUT2D eigenvalue weighted by molar-refractivity contribution is 6.15. The van der Waals surface area contributed by atoms with Crippen molar-refractivity contribution in [1.82, 2.24) is 14.5 Å². The third-order valence-corrected chi connectivity index (χ3v) is 9.69. The second-order valence-electron chi connectivity index (χ2n) is 12.5. The van der Waals surface area contributed by atoms with Crippen LogP contribution in [0.1, 0.15) is 17.7 Å². The Kier molecular flexibility index (Phi) is 5.97. The first-order valence-electron chi connectivity index (χ1n) is 16.5. The van der Waals surface area contributed by atoms with Gasteiger partial charge in [-0.3, -0.25) is 0 Å². The second kappa shape index (κ2) is 10.6. The van der Waals surface area contributed by atoms with Gasteiger partial charge in [-0.05, 0) is 65.9 Å². The molecule has 0 aliphatic heterocycles. The van der Waals surface area contributed by atoms with E-state index in [9.17, 15) is 0 Å². The normalized spacial score (nSPS) is 12.8. The SMILES string of the molecule is C1=Cc2c(c3ccc(-c4ccccc4)cc3n2-c2ccc3c(c2)oc2cccc(-c4nc(-c5ccccc5)nc5ccccc45)c23)CC1. The summed E-state index contributed by atoms with van der Waals surface area (Å²) in [6.45, 7) is 0. The van der Waals surface area contributed by atoms with E-state index in [1.54, 1.807) is 0 Å². The van der Waals surface area contributed by atoms with Crippen molar-refractivity contribution < 1.29 is 4.42 Å². The lowest BCUT2D eigenvalue weighted by molar-refractivity contribution is 0.668. The quantitative estimate of drug-likeness (QED) is 0.198. The molecule has 1 aliphatic rings. The lowest BCUT2D eigenvalue weighted by atomic mass is 9.99. The summed E-state index contributed by atoms with van der Waals surface area (Å²) in [5.74, 6) is 0.712. The van der Waals surface area contributed by atoms with Crippen LogP contribution in [-0.4, -0.2) is 14.5 Å². The van der Waals surface area contributed by atoms with Crippen LogP contribution >= 0.6 is 0 Å². The van der Waals surface area contributed by atoms with Crippen molar-refractivity contribution in [2.45, 2.75) is 12.8 Å². The molecule has 0 unspecified atom stereocenters. The van der Waals surface area contributed by atoms with Gasteiger partial charge in [-0.2, -0.15) is 0 Å². The molecular formula is C44H29N3O. The molecule has 0 N–H and O–H groups in total. The molecular weight excluding hydrogens is 587 g/mol. The molecule has 226 valence electrons. The molecule has 48 heavy (non-hydrogen) atoms. The number of hydrogen-bond donors (Lipinski definition) is 0. The van der Waals surface area contributed by atoms with E-state index in [-0.39, 0.29) is 0 Å². The van der Waals surface area contributed by atoms with Gasteiger partial charge in [0.1, 0.15) is 11.2 Å². The average molecular weight is 616 g/mol. The maximum Gasteiger partial charge on any atom is 0.160 e. The molecule has 3 aromatic heterocycles. The molecule has 0 amide bonds. The number of nitrogens with zero attached hydrogens (tertiary/aromatic N) is 3. The molecule has 0 spiro atoms. The fraction of sp³-hybridized carbons (Fsp3) is 0.0455. The molecule has 0 fully saturated rings. The summed E-state index contributed by atoms with van der Waals surface area (Å²) in [5.41, 5.74) is 12.9. The van der Waals surface area contributed by atoms with E-state index in [0.717, 1.165) is 68.2 Å². The smallest absolute Gasteiger partial charge is 0.160 e. The molecule has 3 heterocycles. The molecule has 4 heteroatoms. The minimum absolute atomic E-state index is 0.712. The van der Waals surface area contributed by atoms with Gasteiger partial charge in [0.05, 0.1) is 16.7 Å². The lowest BCUT2D eigenvalue weighted by Crippen LogP contribution is -2.00. The van der Waals surface area contributed by atoms with E-state index >= 15 is 0 Å². The van der Waals surface area contributed by atoms with Crippen molar-refractivity contribution in [3.63, 3.8) is 0 Å². The van der Waals surface area contributed by atoms with Crippen LogP contribution in [-0.2, 0) is 6.42 Å². The topological polar surface area (TPSA) is 43.9 Å². The zero-order valence-corrected chi connectivity index (χ0v) is 26.1. The van der Waals surface area contributed by atoms with Gasteiger partial charge in [0.25, 0.3) is 0 Å². The van der Waals surface area contributed by atoms with E-state index in [1.165, 1.54) is 33.3 Å². The van der Waals surface area contributed by atoms with E-state index < -0.39 is 0 Å². The highest BCUT2D eigenvalue weighted by Gasteiger charge is 2.22. The molecule has 0 saturated heterocycles. The summed E-state index contributed by atoms with van der Waals surface area (Å²) in [6.07, 6.45) is 6.67. The molecule has 6 aromatic carbocycles. The maximum absolute atomic E-state index is 6.65. The maximum atomic E-state index is 6.65. The van der Waals surface area contributed by atoms with Crippen LogP contribution in [0.25, 0.3) is 89.3 Å². The molecule has 0 radical (unpaired) electrons. The van der Waals surface area contributed by atoms with Crippen LogP contribution in [0.2, 0.25) is 0 Å². The Morgan fingerprint density at radius 3 is 2.25 bits per heavy atom. The Morgan fingerprint density at radius 2 is 1.38 bits per heavy atom. The molecule has 4 nitrogen and oxygen atoms in total. The number of aryl methyl sites for hydroxylation is 1. The van der Waals surface area contributed by atoms with Crippen molar-refractivity contribution >= 4 is 49.8 Å². The standard InChI is InChI=1S/C44H29N3O/c1-3-12-28(13-4-1)30-22-24-33-32-16-8-10-20-38(32)47(39(33)26-30)31-23-25-35-41(27-31)48-40-21-11-18-36(42(35)40)43-34-17-7-9-19-37(34)45-44(46-43)29-14-5-2-6-15-29/h1-7,9-15,17-27H,8,16H2. The second-order valence-corrected chi connectivity index (χ2v) is 12.5. The summed E-state index contributed by atoms with van der Waals surface area (Å²) in [4.78, 5) is 10.1. The first-order valence-corrected chi connectivity index (χ1v) is 16.5. The first kappa shape index (κ1) is 26.9. The number of benzene rings is 6. The molecule has 0 saturated carbocycles. The number of allylic oxidation sites excluding steroid dienone is 1. The van der Waals surface area contributed by atoms with Crippen molar-refractivity contribution in [2.24, 2.45) is 0 Å². The molecule has 9 aromatic rings. The van der Waals surface area contributed by atoms with Crippen molar-refractivity contribution in [3.05, 3.63) is 157 Å². The summed E-state index contributed by atoms with van der Waals surface area (Å²) < 4.78 is 9.06. The molecule has 0 atom stereocenters. The van der Waals surface area contributed by atoms with Gasteiger partial charge < -0.3 is 8.98 Å². The van der Waals surface area contributed by atoms with E-state index in [4.69, 9.17) is 14.4 Å². The van der Waals surface area contributed by atoms with Crippen LogP contribution in [0.5, 0.6) is 0 Å². The summed E-state index contributed by atoms with van der Waals surface area (Å²) in [5, 5.41) is 4.46. The van der Waals surface area contributed by atoms with Crippen LogP contribution in [0.4, 0.5) is 0 Å². The van der Waals surface area contributed by atoms with Gasteiger partial charge in [0.15, 0.2) is 5.82 Å². The number of fused-ring (bicyclic) bond motifs is 7. The zero-order chi connectivity index (χ0) is 31.6. The average Bonchev–Trinajstić information content (AvgIpc) is 3.70. The Morgan fingerprint density at radius 1 is 0.583 bits per heavy atom. The number of furan rings is 1. The largest absolute Gasteiger partial charge is 0.456 e.